The topological polar surface area (TPSA) is 41.1 Å². The van der Waals surface area contributed by atoms with Crippen molar-refractivity contribution in [2.75, 3.05) is 19.8 Å². The molecule has 0 spiro atoms. The maximum Gasteiger partial charge on any atom is 0.142 e. The number of morpholine rings is 1. The molecule has 1 fully saturated rings. The van der Waals surface area contributed by atoms with Crippen molar-refractivity contribution in [3.63, 3.8) is 0 Å². The molecule has 0 radical (unpaired) electrons. The van der Waals surface area contributed by atoms with E-state index in [2.05, 4.69) is 15.1 Å². The summed E-state index contributed by atoms with van der Waals surface area (Å²) in [4.78, 5) is 2.25. The van der Waals surface area contributed by atoms with Crippen LogP contribution in [0.3, 0.4) is 0 Å². The van der Waals surface area contributed by atoms with Crippen LogP contribution in [0.15, 0.2) is 30.5 Å². The molecule has 0 amide bonds. The van der Waals surface area contributed by atoms with Gasteiger partial charge < -0.3 is 4.74 Å². The molecule has 6 heteroatoms. The first-order valence-electron chi connectivity index (χ1n) is 6.49. The molecule has 2 heterocycles. The van der Waals surface area contributed by atoms with Gasteiger partial charge in [-0.15, -0.1) is 0 Å². The smallest absolute Gasteiger partial charge is 0.142 e. The van der Waals surface area contributed by atoms with Crippen molar-refractivity contribution in [1.29, 1.82) is 0 Å². The maximum absolute atomic E-state index is 13.5. The van der Waals surface area contributed by atoms with E-state index in [-0.39, 0.29) is 16.9 Å². The molecule has 0 aliphatic carbocycles. The Morgan fingerprint density at radius 2 is 2.35 bits per heavy atom. The number of benzene rings is 1. The minimum Gasteiger partial charge on any atom is -0.378 e. The first-order valence-corrected chi connectivity index (χ1v) is 6.87. The summed E-state index contributed by atoms with van der Waals surface area (Å²) in [6.07, 6.45) is 1.73. The fourth-order valence-electron chi connectivity index (χ4n) is 2.44. The van der Waals surface area contributed by atoms with Gasteiger partial charge in [0.2, 0.25) is 0 Å². The van der Waals surface area contributed by atoms with Crippen LogP contribution in [0.4, 0.5) is 4.39 Å². The third kappa shape index (κ3) is 2.85. The van der Waals surface area contributed by atoms with E-state index >= 15 is 0 Å². The number of hydrogen-bond donors (Lipinski definition) is 1. The van der Waals surface area contributed by atoms with Crippen LogP contribution >= 0.6 is 11.6 Å². The number of aromatic nitrogens is 2. The molecule has 20 heavy (non-hydrogen) atoms. The molecule has 0 bridgehead atoms. The fraction of sp³-hybridized carbons (Fsp3) is 0.357. The number of hydrogen-bond acceptors (Lipinski definition) is 3. The first kappa shape index (κ1) is 13.5. The molecule has 0 saturated carbocycles. The fourth-order valence-corrected chi connectivity index (χ4v) is 2.56. The van der Waals surface area contributed by atoms with Gasteiger partial charge in [0.1, 0.15) is 5.82 Å². The zero-order valence-corrected chi connectivity index (χ0v) is 11.6. The summed E-state index contributed by atoms with van der Waals surface area (Å²) < 4.78 is 19.0. The number of ether oxygens (including phenoxy) is 1. The average molecular weight is 296 g/mol. The standard InChI is InChI=1S/C14H15ClFN3O/c15-11-2-1-10(7-12(11)16)8-19-5-6-20-9-14(19)13-3-4-17-18-13/h1-4,7,14H,5-6,8-9H2,(H,17,18)/t14-/m0/s1. The lowest BCUT2D eigenvalue weighted by Crippen LogP contribution is -2.39. The Balaban J connectivity index is 1.78. The third-order valence-corrected chi connectivity index (χ3v) is 3.80. The van der Waals surface area contributed by atoms with Crippen molar-refractivity contribution in [3.05, 3.63) is 52.6 Å². The van der Waals surface area contributed by atoms with Crippen molar-refractivity contribution < 1.29 is 9.13 Å². The molecule has 1 atom stereocenters. The van der Waals surface area contributed by atoms with Gasteiger partial charge in [-0.05, 0) is 23.8 Å². The van der Waals surface area contributed by atoms with Gasteiger partial charge in [0.25, 0.3) is 0 Å². The van der Waals surface area contributed by atoms with Crippen molar-refractivity contribution in [2.45, 2.75) is 12.6 Å². The van der Waals surface area contributed by atoms with Crippen LogP contribution in [-0.2, 0) is 11.3 Å². The zero-order valence-electron chi connectivity index (χ0n) is 10.9. The van der Waals surface area contributed by atoms with Crippen LogP contribution in [-0.4, -0.2) is 34.9 Å². The Kier molecular flexibility index (Phi) is 4.00. The minimum atomic E-state index is -0.379. The predicted octanol–water partition coefficient (Wildman–Crippen LogP) is 2.78. The number of H-pyrrole nitrogens is 1. The van der Waals surface area contributed by atoms with Crippen molar-refractivity contribution >= 4 is 11.6 Å². The van der Waals surface area contributed by atoms with Crippen LogP contribution in [0.2, 0.25) is 5.02 Å². The number of halogens is 2. The SMILES string of the molecule is Fc1cc(CN2CCOC[C@H]2c2ccn[nH]2)ccc1Cl. The van der Waals surface area contributed by atoms with E-state index in [1.165, 1.54) is 6.07 Å². The highest BCUT2D eigenvalue weighted by Gasteiger charge is 2.25. The van der Waals surface area contributed by atoms with E-state index in [1.54, 1.807) is 12.3 Å². The third-order valence-electron chi connectivity index (χ3n) is 3.49. The second kappa shape index (κ2) is 5.91. The highest BCUT2D eigenvalue weighted by Crippen LogP contribution is 2.25. The van der Waals surface area contributed by atoms with Crippen LogP contribution in [0.1, 0.15) is 17.3 Å². The monoisotopic (exact) mass is 295 g/mol. The summed E-state index contributed by atoms with van der Waals surface area (Å²) in [7, 11) is 0. The van der Waals surface area contributed by atoms with E-state index in [1.807, 2.05) is 12.1 Å². The van der Waals surface area contributed by atoms with Gasteiger partial charge in [-0.2, -0.15) is 5.10 Å². The Labute approximate surface area is 121 Å². The Morgan fingerprint density at radius 3 is 3.10 bits per heavy atom. The lowest BCUT2D eigenvalue weighted by molar-refractivity contribution is -0.0143. The van der Waals surface area contributed by atoms with Gasteiger partial charge in [-0.3, -0.25) is 10.00 Å². The minimum absolute atomic E-state index is 0.116. The number of aromatic amines is 1. The summed E-state index contributed by atoms with van der Waals surface area (Å²) in [6.45, 7) is 2.74. The van der Waals surface area contributed by atoms with Crippen LogP contribution in [0, 0.1) is 5.82 Å². The van der Waals surface area contributed by atoms with E-state index in [0.717, 1.165) is 17.8 Å². The van der Waals surface area contributed by atoms with Crippen LogP contribution in [0.5, 0.6) is 0 Å². The number of rotatable bonds is 3. The highest BCUT2D eigenvalue weighted by atomic mass is 35.5. The van der Waals surface area contributed by atoms with Crippen molar-refractivity contribution in [2.24, 2.45) is 0 Å². The Hall–Kier alpha value is -1.43. The first-order chi connectivity index (χ1) is 9.74. The summed E-state index contributed by atoms with van der Waals surface area (Å²) in [5, 5.41) is 7.11. The van der Waals surface area contributed by atoms with Crippen LogP contribution in [0.25, 0.3) is 0 Å². The predicted molar refractivity (Wildman–Crippen MR) is 74.0 cm³/mol. The molecule has 3 rings (SSSR count). The van der Waals surface area contributed by atoms with Gasteiger partial charge in [0.15, 0.2) is 0 Å². The summed E-state index contributed by atoms with van der Waals surface area (Å²) in [5.74, 6) is -0.379. The molecule has 106 valence electrons. The molecular formula is C14H15ClFN3O. The molecule has 2 aromatic rings. The lowest BCUT2D eigenvalue weighted by Gasteiger charge is -2.34. The Bertz CT molecular complexity index is 576. The molecule has 0 unspecified atom stereocenters. The lowest BCUT2D eigenvalue weighted by atomic mass is 10.1. The summed E-state index contributed by atoms with van der Waals surface area (Å²) in [6, 6.07) is 6.99. The molecule has 1 aliphatic rings. The van der Waals surface area contributed by atoms with E-state index < -0.39 is 0 Å². The molecular weight excluding hydrogens is 281 g/mol. The quantitative estimate of drug-likeness (QED) is 0.947. The molecule has 1 aromatic carbocycles. The molecule has 4 nitrogen and oxygen atoms in total. The van der Waals surface area contributed by atoms with E-state index in [9.17, 15) is 4.39 Å². The molecule has 1 aromatic heterocycles. The number of nitrogens with zero attached hydrogens (tertiary/aromatic N) is 2. The van der Waals surface area contributed by atoms with Crippen LogP contribution < -0.4 is 0 Å². The summed E-state index contributed by atoms with van der Waals surface area (Å²) >= 11 is 5.71. The summed E-state index contributed by atoms with van der Waals surface area (Å²) in [5.41, 5.74) is 1.91. The van der Waals surface area contributed by atoms with Gasteiger partial charge >= 0.3 is 0 Å². The van der Waals surface area contributed by atoms with Gasteiger partial charge in [-0.1, -0.05) is 17.7 Å². The largest absolute Gasteiger partial charge is 0.378 e. The van der Waals surface area contributed by atoms with Gasteiger partial charge in [0, 0.05) is 19.3 Å². The van der Waals surface area contributed by atoms with Gasteiger partial charge in [-0.25, -0.2) is 4.39 Å². The number of nitrogens with one attached hydrogen (secondary N) is 1. The van der Waals surface area contributed by atoms with E-state index in [4.69, 9.17) is 16.3 Å². The van der Waals surface area contributed by atoms with Crippen molar-refractivity contribution in [1.82, 2.24) is 15.1 Å². The molecule has 1 saturated heterocycles. The second-order valence-corrected chi connectivity index (χ2v) is 5.23. The van der Waals surface area contributed by atoms with E-state index in [0.29, 0.717) is 19.8 Å². The zero-order chi connectivity index (χ0) is 13.9. The maximum atomic E-state index is 13.5. The highest BCUT2D eigenvalue weighted by molar-refractivity contribution is 6.30. The van der Waals surface area contributed by atoms with Crippen molar-refractivity contribution in [3.8, 4) is 0 Å². The molecule has 1 aliphatic heterocycles. The second-order valence-electron chi connectivity index (χ2n) is 4.82. The van der Waals surface area contributed by atoms with Gasteiger partial charge in [0.05, 0.1) is 30.0 Å². The Morgan fingerprint density at radius 1 is 1.45 bits per heavy atom. The normalized spacial score (nSPS) is 20.2. The molecule has 1 N–H and O–H groups in total. The average Bonchev–Trinajstić information content (AvgIpc) is 2.97.